The number of fused-ring (bicyclic) bond motifs is 3. The van der Waals surface area contributed by atoms with Gasteiger partial charge in [-0.1, -0.05) is 42.0 Å². The molecule has 160 valence electrons. The third-order valence-electron chi connectivity index (χ3n) is 6.01. The summed E-state index contributed by atoms with van der Waals surface area (Å²) in [6.45, 7) is 6.21. The largest absolute Gasteiger partial charge is 0.494 e. The molecule has 1 spiro atoms. The number of aryl methyl sites for hydroxylation is 2. The van der Waals surface area contributed by atoms with Crippen LogP contribution in [-0.4, -0.2) is 32.3 Å². The van der Waals surface area contributed by atoms with Crippen LogP contribution >= 0.6 is 0 Å². The molecular weight excluding hydrogens is 390 g/mol. The molecule has 0 bridgehead atoms. The van der Waals surface area contributed by atoms with Crippen LogP contribution in [0.15, 0.2) is 54.6 Å². The lowest BCUT2D eigenvalue weighted by Gasteiger charge is -2.32. The van der Waals surface area contributed by atoms with E-state index >= 15 is 0 Å². The third-order valence-corrected chi connectivity index (χ3v) is 6.01. The summed E-state index contributed by atoms with van der Waals surface area (Å²) in [5.41, 5.74) is 3.92. The minimum Gasteiger partial charge on any atom is -0.494 e. The molecule has 0 unspecified atom stereocenters. The van der Waals surface area contributed by atoms with Gasteiger partial charge in [-0.2, -0.15) is 0 Å². The summed E-state index contributed by atoms with van der Waals surface area (Å²) in [6, 6.07) is 18.5. The normalized spacial score (nSPS) is 17.4. The van der Waals surface area contributed by atoms with Gasteiger partial charge in [0.05, 0.1) is 25.5 Å². The van der Waals surface area contributed by atoms with E-state index in [1.165, 1.54) is 5.39 Å². The second-order valence-electron chi connectivity index (χ2n) is 8.31. The van der Waals surface area contributed by atoms with Gasteiger partial charge < -0.3 is 19.1 Å². The zero-order valence-electron chi connectivity index (χ0n) is 18.0. The van der Waals surface area contributed by atoms with E-state index in [4.69, 9.17) is 14.2 Å². The van der Waals surface area contributed by atoms with E-state index in [1.807, 2.05) is 43.0 Å². The molecule has 0 N–H and O–H groups in total. The van der Waals surface area contributed by atoms with Crippen LogP contribution in [0.4, 0.5) is 5.69 Å². The van der Waals surface area contributed by atoms with Crippen LogP contribution < -0.4 is 9.64 Å². The number of carbonyl (C=O) groups is 1. The number of carbonyl (C=O) groups excluding carboxylic acids is 1. The average molecular weight is 418 g/mol. The van der Waals surface area contributed by atoms with Crippen molar-refractivity contribution in [2.24, 2.45) is 0 Å². The molecule has 5 rings (SSSR count). The summed E-state index contributed by atoms with van der Waals surface area (Å²) in [6.07, 6.45) is 1.51. The van der Waals surface area contributed by atoms with Gasteiger partial charge in [0, 0.05) is 12.1 Å². The van der Waals surface area contributed by atoms with Crippen LogP contribution in [0.2, 0.25) is 0 Å². The van der Waals surface area contributed by atoms with Gasteiger partial charge in [-0.15, -0.1) is 0 Å². The monoisotopic (exact) mass is 417 g/mol. The van der Waals surface area contributed by atoms with E-state index in [0.29, 0.717) is 32.8 Å². The first-order valence-corrected chi connectivity index (χ1v) is 10.9. The second kappa shape index (κ2) is 7.98. The summed E-state index contributed by atoms with van der Waals surface area (Å²) in [5.74, 6) is -0.570. The number of anilines is 1. The number of hydrogen-bond acceptors (Lipinski definition) is 4. The summed E-state index contributed by atoms with van der Waals surface area (Å²) in [7, 11) is 0. The molecule has 2 heterocycles. The molecule has 3 aromatic rings. The molecule has 1 amide bonds. The maximum Gasteiger partial charge on any atom is 0.292 e. The Bertz CT molecular complexity index is 1130. The van der Waals surface area contributed by atoms with E-state index in [9.17, 15) is 4.79 Å². The Hall–Kier alpha value is -2.89. The van der Waals surface area contributed by atoms with Crippen LogP contribution in [0, 0.1) is 13.8 Å². The highest BCUT2D eigenvalue weighted by atomic mass is 16.7. The van der Waals surface area contributed by atoms with Gasteiger partial charge in [0.2, 0.25) is 0 Å². The number of rotatable bonds is 5. The number of benzene rings is 3. The van der Waals surface area contributed by atoms with Crippen LogP contribution in [-0.2, 0) is 20.1 Å². The number of ether oxygens (including phenoxy) is 3. The molecule has 3 aromatic carbocycles. The fourth-order valence-corrected chi connectivity index (χ4v) is 4.66. The highest BCUT2D eigenvalue weighted by Crippen LogP contribution is 2.47. The zero-order chi connectivity index (χ0) is 21.4. The van der Waals surface area contributed by atoms with E-state index < -0.39 is 5.79 Å². The van der Waals surface area contributed by atoms with Crippen molar-refractivity contribution in [1.29, 1.82) is 0 Å². The maximum atomic E-state index is 13.4. The molecule has 0 atom stereocenters. The molecule has 5 heteroatoms. The average Bonchev–Trinajstić information content (AvgIpc) is 3.00. The Kier molecular flexibility index (Phi) is 5.16. The van der Waals surface area contributed by atoms with Crippen molar-refractivity contribution in [3.63, 3.8) is 0 Å². The predicted octanol–water partition coefficient (Wildman–Crippen LogP) is 4.86. The van der Waals surface area contributed by atoms with Gasteiger partial charge in [0.15, 0.2) is 0 Å². The van der Waals surface area contributed by atoms with Crippen molar-refractivity contribution in [3.8, 4) is 5.75 Å². The van der Waals surface area contributed by atoms with E-state index in [1.54, 1.807) is 0 Å². The van der Waals surface area contributed by atoms with E-state index in [-0.39, 0.29) is 5.91 Å². The lowest BCUT2D eigenvalue weighted by atomic mass is 10.00. The topological polar surface area (TPSA) is 48.0 Å². The first kappa shape index (κ1) is 20.0. The molecule has 5 nitrogen and oxygen atoms in total. The lowest BCUT2D eigenvalue weighted by Crippen LogP contribution is -2.47. The van der Waals surface area contributed by atoms with Crippen LogP contribution in [0.5, 0.6) is 5.75 Å². The lowest BCUT2D eigenvalue weighted by molar-refractivity contribution is -0.256. The molecule has 1 fully saturated rings. The fraction of sp³-hybridized carbons (Fsp3) is 0.346. The van der Waals surface area contributed by atoms with Gasteiger partial charge in [0.1, 0.15) is 5.75 Å². The highest BCUT2D eigenvalue weighted by molar-refractivity contribution is 6.07. The zero-order valence-corrected chi connectivity index (χ0v) is 18.0. The Labute approximate surface area is 182 Å². The maximum absolute atomic E-state index is 13.4. The van der Waals surface area contributed by atoms with Gasteiger partial charge >= 0.3 is 0 Å². The minimum absolute atomic E-state index is 0.124. The first-order valence-electron chi connectivity index (χ1n) is 10.9. The molecule has 0 aliphatic carbocycles. The molecule has 1 saturated heterocycles. The summed E-state index contributed by atoms with van der Waals surface area (Å²) in [5, 5.41) is 2.35. The number of amides is 1. The summed E-state index contributed by atoms with van der Waals surface area (Å²) < 4.78 is 17.9. The van der Waals surface area contributed by atoms with Crippen LogP contribution in [0.25, 0.3) is 10.8 Å². The highest BCUT2D eigenvalue weighted by Gasteiger charge is 2.55. The van der Waals surface area contributed by atoms with Crippen LogP contribution in [0.3, 0.4) is 0 Å². The standard InChI is InChI=1S/C26H27NO4/c1-18-15-19(2)24-23(16-18)26(30-13-6-14-31-26)25(28)27(24)11-5-12-29-22-10-9-20-7-3-4-8-21(20)17-22/h3-4,7-10,15-17H,5-6,11-14H2,1-2H3. The van der Waals surface area contributed by atoms with Crippen molar-refractivity contribution < 1.29 is 19.0 Å². The Morgan fingerprint density at radius 2 is 1.77 bits per heavy atom. The molecule has 31 heavy (non-hydrogen) atoms. The molecule has 2 aliphatic heterocycles. The molecule has 0 aromatic heterocycles. The van der Waals surface area contributed by atoms with Crippen molar-refractivity contribution in [2.45, 2.75) is 32.5 Å². The van der Waals surface area contributed by atoms with Crippen LogP contribution in [0.1, 0.15) is 29.5 Å². The molecule has 0 saturated carbocycles. The van der Waals surface area contributed by atoms with Gasteiger partial charge in [-0.05, 0) is 61.2 Å². The van der Waals surface area contributed by atoms with Crippen molar-refractivity contribution in [3.05, 3.63) is 71.3 Å². The number of hydrogen-bond donors (Lipinski definition) is 0. The quantitative estimate of drug-likeness (QED) is 0.556. The third kappa shape index (κ3) is 3.48. The van der Waals surface area contributed by atoms with Gasteiger partial charge in [-0.3, -0.25) is 4.79 Å². The van der Waals surface area contributed by atoms with E-state index in [0.717, 1.165) is 39.9 Å². The van der Waals surface area contributed by atoms with Crippen molar-refractivity contribution in [1.82, 2.24) is 0 Å². The predicted molar refractivity (Wildman–Crippen MR) is 121 cm³/mol. The Morgan fingerprint density at radius 3 is 2.58 bits per heavy atom. The summed E-state index contributed by atoms with van der Waals surface area (Å²) in [4.78, 5) is 15.3. The van der Waals surface area contributed by atoms with Gasteiger partial charge in [-0.25, -0.2) is 0 Å². The first-order chi connectivity index (χ1) is 15.1. The molecule has 0 radical (unpaired) electrons. The second-order valence-corrected chi connectivity index (χ2v) is 8.31. The Morgan fingerprint density at radius 1 is 1.00 bits per heavy atom. The fourth-order valence-electron chi connectivity index (χ4n) is 4.66. The minimum atomic E-state index is -1.29. The smallest absolute Gasteiger partial charge is 0.292 e. The van der Waals surface area contributed by atoms with Gasteiger partial charge in [0.25, 0.3) is 11.7 Å². The molecule has 2 aliphatic rings. The molecular formula is C26H27NO4. The van der Waals surface area contributed by atoms with E-state index in [2.05, 4.69) is 30.3 Å². The van der Waals surface area contributed by atoms with Crippen molar-refractivity contribution in [2.75, 3.05) is 31.3 Å². The number of nitrogens with zero attached hydrogens (tertiary/aromatic N) is 1. The SMILES string of the molecule is Cc1cc(C)c2c(c1)C1(OCCCO1)C(=O)N2CCCOc1ccc2ccccc2c1. The summed E-state index contributed by atoms with van der Waals surface area (Å²) >= 11 is 0. The Balaban J connectivity index is 1.31. The van der Waals surface area contributed by atoms with Crippen molar-refractivity contribution >= 4 is 22.4 Å².